The highest BCUT2D eigenvalue weighted by Crippen LogP contribution is 2.36. The predicted octanol–water partition coefficient (Wildman–Crippen LogP) is 4.22. The van der Waals surface area contributed by atoms with Gasteiger partial charge in [0.05, 0.1) is 30.4 Å². The lowest BCUT2D eigenvalue weighted by Crippen LogP contribution is -2.19. The maximum atomic E-state index is 11.9. The fourth-order valence-electron chi connectivity index (χ4n) is 3.32. The van der Waals surface area contributed by atoms with E-state index in [4.69, 9.17) is 14.6 Å². The fraction of sp³-hybridized carbons (Fsp3) is 0.273. The zero-order valence-corrected chi connectivity index (χ0v) is 17.1. The first-order chi connectivity index (χ1) is 14.4. The second-order valence-corrected chi connectivity index (χ2v) is 6.73. The molecule has 0 N–H and O–H groups in total. The number of rotatable bonds is 7. The number of hydrogen-bond donors (Lipinski definition) is 0. The van der Waals surface area contributed by atoms with Crippen molar-refractivity contribution in [3.05, 3.63) is 81.5 Å². The van der Waals surface area contributed by atoms with Crippen molar-refractivity contribution >= 4 is 17.4 Å². The van der Waals surface area contributed by atoms with Crippen molar-refractivity contribution in [2.45, 2.75) is 26.3 Å². The van der Waals surface area contributed by atoms with Crippen LogP contribution in [0.25, 0.3) is 0 Å². The van der Waals surface area contributed by atoms with Gasteiger partial charge < -0.3 is 9.47 Å². The maximum absolute atomic E-state index is 11.9. The summed E-state index contributed by atoms with van der Waals surface area (Å²) in [4.78, 5) is 22.7. The molecule has 1 heterocycles. The van der Waals surface area contributed by atoms with E-state index < -0.39 is 10.9 Å². The average molecular weight is 409 g/mol. The summed E-state index contributed by atoms with van der Waals surface area (Å²) in [7, 11) is 1.60. The second kappa shape index (κ2) is 9.21. The largest absolute Gasteiger partial charge is 0.497 e. The van der Waals surface area contributed by atoms with Crippen LogP contribution in [0.4, 0.5) is 5.69 Å². The van der Waals surface area contributed by atoms with E-state index in [2.05, 4.69) is 0 Å². The third-order valence-corrected chi connectivity index (χ3v) is 4.77. The Morgan fingerprint density at radius 1 is 1.30 bits per heavy atom. The standard InChI is InChI=1S/C22H23N3O5/c1-4-30-22(26)12-15(2)24-21(17-6-5-7-18(13-17)25(27)28)14-20(23-24)16-8-10-19(29-3)11-9-16/h5-13,21H,4,14H2,1-3H3/t21-/m1/s1. The van der Waals surface area contributed by atoms with Crippen LogP contribution in [-0.4, -0.2) is 35.3 Å². The van der Waals surface area contributed by atoms with E-state index >= 15 is 0 Å². The van der Waals surface area contributed by atoms with Gasteiger partial charge in [0.1, 0.15) is 5.75 Å². The molecular formula is C22H23N3O5. The van der Waals surface area contributed by atoms with Crippen molar-refractivity contribution in [2.75, 3.05) is 13.7 Å². The van der Waals surface area contributed by atoms with E-state index in [-0.39, 0.29) is 18.3 Å². The van der Waals surface area contributed by atoms with Gasteiger partial charge >= 0.3 is 5.97 Å². The minimum absolute atomic E-state index is 0.0115. The van der Waals surface area contributed by atoms with Gasteiger partial charge in [0.25, 0.3) is 5.69 Å². The minimum Gasteiger partial charge on any atom is -0.497 e. The molecule has 2 aromatic rings. The highest BCUT2D eigenvalue weighted by atomic mass is 16.6. The lowest BCUT2D eigenvalue weighted by Gasteiger charge is -2.24. The molecule has 0 saturated heterocycles. The maximum Gasteiger partial charge on any atom is 0.332 e. The molecule has 0 aromatic heterocycles. The van der Waals surface area contributed by atoms with Crippen molar-refractivity contribution in [3.8, 4) is 5.75 Å². The normalized spacial score (nSPS) is 16.2. The number of esters is 1. The first-order valence-electron chi connectivity index (χ1n) is 9.53. The van der Waals surface area contributed by atoms with Gasteiger partial charge in [-0.1, -0.05) is 12.1 Å². The fourth-order valence-corrected chi connectivity index (χ4v) is 3.32. The third-order valence-electron chi connectivity index (χ3n) is 4.77. The van der Waals surface area contributed by atoms with Gasteiger partial charge in [-0.25, -0.2) is 4.79 Å². The molecule has 0 amide bonds. The monoisotopic (exact) mass is 409 g/mol. The summed E-state index contributed by atoms with van der Waals surface area (Å²) in [5.74, 6) is 0.281. The van der Waals surface area contributed by atoms with E-state index in [1.807, 2.05) is 30.3 Å². The van der Waals surface area contributed by atoms with E-state index in [0.29, 0.717) is 12.1 Å². The first-order valence-corrected chi connectivity index (χ1v) is 9.53. The topological polar surface area (TPSA) is 94.3 Å². The molecule has 0 radical (unpaired) electrons. The predicted molar refractivity (Wildman–Crippen MR) is 112 cm³/mol. The number of carbonyl (C=O) groups excluding carboxylic acids is 1. The number of methoxy groups -OCH3 is 1. The van der Waals surface area contributed by atoms with Crippen LogP contribution in [0.5, 0.6) is 5.75 Å². The molecule has 8 nitrogen and oxygen atoms in total. The van der Waals surface area contributed by atoms with Gasteiger partial charge in [0.15, 0.2) is 0 Å². The number of allylic oxidation sites excluding steroid dienone is 1. The summed E-state index contributed by atoms with van der Waals surface area (Å²) in [6.07, 6.45) is 1.91. The average Bonchev–Trinajstić information content (AvgIpc) is 3.20. The molecule has 0 aliphatic carbocycles. The van der Waals surface area contributed by atoms with Crippen molar-refractivity contribution in [1.29, 1.82) is 0 Å². The quantitative estimate of drug-likeness (QED) is 0.294. The molecule has 156 valence electrons. The Hall–Kier alpha value is -3.68. The molecule has 8 heteroatoms. The summed E-state index contributed by atoms with van der Waals surface area (Å²) < 4.78 is 10.2. The number of benzene rings is 2. The molecule has 2 aromatic carbocycles. The van der Waals surface area contributed by atoms with Gasteiger partial charge in [0, 0.05) is 30.3 Å². The smallest absolute Gasteiger partial charge is 0.332 e. The van der Waals surface area contributed by atoms with Crippen LogP contribution in [0.1, 0.15) is 37.4 Å². The molecule has 0 bridgehead atoms. The Kier molecular flexibility index (Phi) is 6.46. The van der Waals surface area contributed by atoms with Crippen LogP contribution in [0, 0.1) is 10.1 Å². The highest BCUT2D eigenvalue weighted by molar-refractivity contribution is 6.02. The number of hydrogen-bond acceptors (Lipinski definition) is 7. The number of nitro groups is 1. The Labute approximate surface area is 174 Å². The molecule has 1 aliphatic rings. The van der Waals surface area contributed by atoms with Crippen molar-refractivity contribution < 1.29 is 19.2 Å². The van der Waals surface area contributed by atoms with E-state index in [9.17, 15) is 14.9 Å². The van der Waals surface area contributed by atoms with Crippen molar-refractivity contribution in [2.24, 2.45) is 5.10 Å². The summed E-state index contributed by atoms with van der Waals surface area (Å²) in [5, 5.41) is 17.7. The second-order valence-electron chi connectivity index (χ2n) is 6.73. The summed E-state index contributed by atoms with van der Waals surface area (Å²) in [6.45, 7) is 3.78. The molecule has 1 aliphatic heterocycles. The number of nitro benzene ring substituents is 1. The lowest BCUT2D eigenvalue weighted by atomic mass is 9.98. The van der Waals surface area contributed by atoms with Gasteiger partial charge in [0.2, 0.25) is 0 Å². The number of non-ortho nitro benzene ring substituents is 1. The molecule has 3 rings (SSSR count). The third kappa shape index (κ3) is 4.65. The Morgan fingerprint density at radius 3 is 2.67 bits per heavy atom. The molecular weight excluding hydrogens is 386 g/mol. The highest BCUT2D eigenvalue weighted by Gasteiger charge is 2.31. The minimum atomic E-state index is -0.458. The van der Waals surface area contributed by atoms with E-state index in [1.54, 1.807) is 38.1 Å². The lowest BCUT2D eigenvalue weighted by molar-refractivity contribution is -0.384. The SMILES string of the molecule is CCOC(=O)C=C(C)N1N=C(c2ccc(OC)cc2)C[C@@H]1c1cccc([N+](=O)[O-])c1. The zero-order valence-electron chi connectivity index (χ0n) is 17.1. The van der Waals surface area contributed by atoms with E-state index in [1.165, 1.54) is 12.1 Å². The number of hydrazone groups is 1. The number of carbonyl (C=O) groups is 1. The van der Waals surface area contributed by atoms with Gasteiger partial charge in [-0.3, -0.25) is 15.1 Å². The summed E-state index contributed by atoms with van der Waals surface area (Å²) >= 11 is 0. The molecule has 30 heavy (non-hydrogen) atoms. The zero-order chi connectivity index (χ0) is 21.7. The molecule has 1 atom stereocenters. The van der Waals surface area contributed by atoms with Crippen LogP contribution in [0.15, 0.2) is 65.4 Å². The number of ether oxygens (including phenoxy) is 2. The Balaban J connectivity index is 1.98. The van der Waals surface area contributed by atoms with Crippen LogP contribution < -0.4 is 4.74 Å². The van der Waals surface area contributed by atoms with Crippen LogP contribution in [0.2, 0.25) is 0 Å². The Morgan fingerprint density at radius 2 is 2.03 bits per heavy atom. The summed E-state index contributed by atoms with van der Waals surface area (Å²) in [5.41, 5.74) is 3.07. The molecule has 0 fully saturated rings. The molecule has 0 saturated carbocycles. The Bertz CT molecular complexity index is 998. The van der Waals surface area contributed by atoms with Crippen LogP contribution in [0.3, 0.4) is 0 Å². The first kappa shape index (κ1) is 21.0. The van der Waals surface area contributed by atoms with Gasteiger partial charge in [-0.05, 0) is 49.2 Å². The van der Waals surface area contributed by atoms with Crippen LogP contribution >= 0.6 is 0 Å². The molecule has 0 unspecified atom stereocenters. The summed E-state index contributed by atoms with van der Waals surface area (Å²) in [6, 6.07) is 13.7. The number of nitrogens with zero attached hydrogens (tertiary/aromatic N) is 3. The van der Waals surface area contributed by atoms with Gasteiger partial charge in [-0.2, -0.15) is 5.10 Å². The molecule has 0 spiro atoms. The van der Waals surface area contributed by atoms with E-state index in [0.717, 1.165) is 22.6 Å². The van der Waals surface area contributed by atoms with Crippen molar-refractivity contribution in [1.82, 2.24) is 5.01 Å². The van der Waals surface area contributed by atoms with Gasteiger partial charge in [-0.15, -0.1) is 0 Å². The van der Waals surface area contributed by atoms with Crippen LogP contribution in [-0.2, 0) is 9.53 Å². The van der Waals surface area contributed by atoms with Crippen molar-refractivity contribution in [3.63, 3.8) is 0 Å².